The molecule has 0 bridgehead atoms. The molecule has 5 nitrogen and oxygen atoms in total. The second-order valence-electron chi connectivity index (χ2n) is 5.22. The van der Waals surface area contributed by atoms with Crippen LogP contribution in [0.25, 0.3) is 11.0 Å². The number of imidazole rings is 1. The number of thiophene rings is 1. The third kappa shape index (κ3) is 3.71. The Hall–Kier alpha value is -2.68. The summed E-state index contributed by atoms with van der Waals surface area (Å²) in [6.45, 7) is 1.18. The number of rotatable bonds is 4. The first-order valence-electron chi connectivity index (χ1n) is 7.26. The molecule has 0 fully saturated rings. The van der Waals surface area contributed by atoms with E-state index < -0.39 is 24.5 Å². The molecule has 1 amide bonds. The topological polar surface area (TPSA) is 59.3 Å². The van der Waals surface area contributed by atoms with Crippen LogP contribution in [-0.4, -0.2) is 21.2 Å². The molecule has 0 radical (unpaired) electrons. The number of aromatic nitrogens is 2. The number of hydrogen-bond acceptors (Lipinski definition) is 4. The van der Waals surface area contributed by atoms with Crippen LogP contribution in [0, 0.1) is 0 Å². The summed E-state index contributed by atoms with van der Waals surface area (Å²) in [6.07, 6.45) is -4.66. The first-order chi connectivity index (χ1) is 11.9. The van der Waals surface area contributed by atoms with Gasteiger partial charge in [-0.05, 0) is 30.5 Å². The molecule has 130 valence electrons. The van der Waals surface area contributed by atoms with Crippen molar-refractivity contribution in [2.24, 2.45) is 5.10 Å². The first-order valence-corrected chi connectivity index (χ1v) is 8.13. The van der Waals surface area contributed by atoms with Crippen molar-refractivity contribution in [3.8, 4) is 0 Å². The Labute approximate surface area is 144 Å². The number of alkyl halides is 3. The van der Waals surface area contributed by atoms with Gasteiger partial charge in [-0.1, -0.05) is 18.2 Å². The van der Waals surface area contributed by atoms with E-state index in [-0.39, 0.29) is 11.0 Å². The highest BCUT2D eigenvalue weighted by atomic mass is 32.1. The lowest BCUT2D eigenvalue weighted by Gasteiger charge is -2.10. The van der Waals surface area contributed by atoms with E-state index in [1.807, 2.05) is 17.5 Å². The molecule has 2 aromatic heterocycles. The third-order valence-electron chi connectivity index (χ3n) is 3.44. The van der Waals surface area contributed by atoms with E-state index in [2.05, 4.69) is 15.5 Å². The largest absolute Gasteiger partial charge is 0.449 e. The molecule has 0 saturated heterocycles. The van der Waals surface area contributed by atoms with Gasteiger partial charge < -0.3 is 4.57 Å². The number of carbonyl (C=O) groups is 1. The van der Waals surface area contributed by atoms with Crippen molar-refractivity contribution < 1.29 is 18.0 Å². The predicted octanol–water partition coefficient (Wildman–Crippen LogP) is 3.66. The molecule has 3 aromatic rings. The smallest absolute Gasteiger partial charge is 0.311 e. The monoisotopic (exact) mass is 366 g/mol. The molecule has 1 N–H and O–H groups in total. The molecule has 25 heavy (non-hydrogen) atoms. The highest BCUT2D eigenvalue weighted by Crippen LogP contribution is 2.31. The molecule has 0 saturated carbocycles. The van der Waals surface area contributed by atoms with Gasteiger partial charge in [0, 0.05) is 4.88 Å². The summed E-state index contributed by atoms with van der Waals surface area (Å²) >= 11 is 1.45. The lowest BCUT2D eigenvalue weighted by molar-refractivity contribution is -0.147. The van der Waals surface area contributed by atoms with Gasteiger partial charge in [0.05, 0.1) is 16.7 Å². The van der Waals surface area contributed by atoms with Crippen molar-refractivity contribution in [2.75, 3.05) is 0 Å². The summed E-state index contributed by atoms with van der Waals surface area (Å²) in [7, 11) is 0. The van der Waals surface area contributed by atoms with Crippen molar-refractivity contribution in [3.05, 3.63) is 52.5 Å². The Morgan fingerprint density at radius 1 is 1.28 bits per heavy atom. The molecule has 0 aliphatic heterocycles. The Morgan fingerprint density at radius 2 is 2.04 bits per heavy atom. The van der Waals surface area contributed by atoms with E-state index >= 15 is 0 Å². The molecule has 9 heteroatoms. The second kappa shape index (κ2) is 6.67. The predicted molar refractivity (Wildman–Crippen MR) is 89.4 cm³/mol. The summed E-state index contributed by atoms with van der Waals surface area (Å²) < 4.78 is 40.4. The van der Waals surface area contributed by atoms with E-state index in [0.29, 0.717) is 5.71 Å². The van der Waals surface area contributed by atoms with Gasteiger partial charge in [-0.25, -0.2) is 10.4 Å². The maximum absolute atomic E-state index is 13.2. The highest BCUT2D eigenvalue weighted by molar-refractivity contribution is 7.12. The van der Waals surface area contributed by atoms with Crippen molar-refractivity contribution in [2.45, 2.75) is 19.6 Å². The Bertz CT molecular complexity index is 929. The lowest BCUT2D eigenvalue weighted by Crippen LogP contribution is -2.26. The summed E-state index contributed by atoms with van der Waals surface area (Å²) in [5.41, 5.74) is 3.29. The van der Waals surface area contributed by atoms with Crippen LogP contribution in [0.15, 0.2) is 46.9 Å². The molecule has 2 heterocycles. The van der Waals surface area contributed by atoms with Gasteiger partial charge in [-0.3, -0.25) is 4.79 Å². The number of fused-ring (bicyclic) bond motifs is 1. The van der Waals surface area contributed by atoms with E-state index in [4.69, 9.17) is 0 Å². The van der Waals surface area contributed by atoms with Crippen LogP contribution in [0.5, 0.6) is 0 Å². The highest BCUT2D eigenvalue weighted by Gasteiger charge is 2.37. The average molecular weight is 366 g/mol. The van der Waals surface area contributed by atoms with Crippen LogP contribution >= 0.6 is 11.3 Å². The van der Waals surface area contributed by atoms with Crippen LogP contribution in [0.4, 0.5) is 13.2 Å². The molecule has 0 aliphatic rings. The maximum atomic E-state index is 13.2. The zero-order valence-corrected chi connectivity index (χ0v) is 13.9. The van der Waals surface area contributed by atoms with Crippen molar-refractivity contribution >= 4 is 34.0 Å². The van der Waals surface area contributed by atoms with Crippen molar-refractivity contribution in [1.29, 1.82) is 0 Å². The summed E-state index contributed by atoms with van der Waals surface area (Å²) in [5.74, 6) is -1.77. The number of hydrogen-bond donors (Lipinski definition) is 1. The minimum atomic E-state index is -4.66. The number of nitrogens with one attached hydrogen (secondary N) is 1. The number of carbonyl (C=O) groups excluding carboxylic acids is 1. The molecular weight excluding hydrogens is 353 g/mol. The van der Waals surface area contributed by atoms with Gasteiger partial charge in [0.1, 0.15) is 6.54 Å². The summed E-state index contributed by atoms with van der Waals surface area (Å²) in [5, 5.41) is 5.80. The fourth-order valence-corrected chi connectivity index (χ4v) is 2.99. The van der Waals surface area contributed by atoms with Gasteiger partial charge in [-0.15, -0.1) is 11.3 Å². The molecular formula is C16H13F3N4OS. The molecule has 1 aromatic carbocycles. The number of benzene rings is 1. The van der Waals surface area contributed by atoms with Crippen molar-refractivity contribution in [1.82, 2.24) is 15.0 Å². The number of nitrogens with zero attached hydrogens (tertiary/aromatic N) is 3. The molecule has 3 rings (SSSR count). The second-order valence-corrected chi connectivity index (χ2v) is 6.17. The Morgan fingerprint density at radius 3 is 2.72 bits per heavy atom. The average Bonchev–Trinajstić information content (AvgIpc) is 3.20. The number of para-hydroxylation sites is 2. The van der Waals surface area contributed by atoms with E-state index in [0.717, 1.165) is 9.44 Å². The number of hydrazone groups is 1. The number of halogens is 3. The Balaban J connectivity index is 1.85. The van der Waals surface area contributed by atoms with Gasteiger partial charge in [0.25, 0.3) is 5.91 Å². The SMILES string of the molecule is CC(=NNC(=O)Cn1c(C(F)(F)F)nc2ccccc21)c1cccs1. The molecule has 0 spiro atoms. The zero-order chi connectivity index (χ0) is 18.0. The molecule has 0 atom stereocenters. The van der Waals surface area contributed by atoms with E-state index in [1.54, 1.807) is 19.1 Å². The maximum Gasteiger partial charge on any atom is 0.449 e. The van der Waals surface area contributed by atoms with Gasteiger partial charge in [0.15, 0.2) is 0 Å². The van der Waals surface area contributed by atoms with Crippen LogP contribution in [0.2, 0.25) is 0 Å². The molecule has 0 unspecified atom stereocenters. The van der Waals surface area contributed by atoms with Gasteiger partial charge in [0.2, 0.25) is 5.82 Å². The molecule has 0 aliphatic carbocycles. The van der Waals surface area contributed by atoms with Gasteiger partial charge >= 0.3 is 6.18 Å². The van der Waals surface area contributed by atoms with E-state index in [9.17, 15) is 18.0 Å². The minimum Gasteiger partial charge on any atom is -0.311 e. The van der Waals surface area contributed by atoms with Crippen LogP contribution in [-0.2, 0) is 17.5 Å². The fourth-order valence-electron chi connectivity index (χ4n) is 2.32. The zero-order valence-electron chi connectivity index (χ0n) is 13.0. The van der Waals surface area contributed by atoms with Crippen molar-refractivity contribution in [3.63, 3.8) is 0 Å². The lowest BCUT2D eigenvalue weighted by atomic mass is 10.3. The Kier molecular flexibility index (Phi) is 4.58. The van der Waals surface area contributed by atoms with Crippen LogP contribution < -0.4 is 5.43 Å². The van der Waals surface area contributed by atoms with Crippen LogP contribution in [0.3, 0.4) is 0 Å². The summed E-state index contributed by atoms with van der Waals surface area (Å²) in [6, 6.07) is 9.82. The fraction of sp³-hybridized carbons (Fsp3) is 0.188. The number of amides is 1. The third-order valence-corrected chi connectivity index (χ3v) is 4.41. The standard InChI is InChI=1S/C16H13F3N4OS/c1-10(13-7-4-8-25-13)21-22-14(24)9-23-12-6-3-2-5-11(12)20-15(23)16(17,18)19/h2-8H,9H2,1H3,(H,22,24). The normalized spacial score (nSPS) is 12.6. The first kappa shape index (κ1) is 17.2. The minimum absolute atomic E-state index is 0.181. The van der Waals surface area contributed by atoms with Crippen LogP contribution in [0.1, 0.15) is 17.6 Å². The summed E-state index contributed by atoms with van der Waals surface area (Å²) in [4.78, 5) is 16.5. The van der Waals surface area contributed by atoms with Gasteiger partial charge in [-0.2, -0.15) is 18.3 Å². The quantitative estimate of drug-likeness (QED) is 0.566. The van der Waals surface area contributed by atoms with E-state index in [1.165, 1.54) is 23.5 Å².